The van der Waals surface area contributed by atoms with Crippen LogP contribution in [-0.2, 0) is 0 Å². The number of aromatic nitrogens is 3. The summed E-state index contributed by atoms with van der Waals surface area (Å²) < 4.78 is 0.711. The van der Waals surface area contributed by atoms with E-state index in [0.717, 1.165) is 30.8 Å². The maximum Gasteiger partial charge on any atom is 0.261 e. The molecule has 0 fully saturated rings. The topological polar surface area (TPSA) is 85.9 Å². The van der Waals surface area contributed by atoms with Crippen molar-refractivity contribution in [2.75, 3.05) is 37.8 Å². The Bertz CT molecular complexity index is 1000. The Morgan fingerprint density at radius 1 is 1.26 bits per heavy atom. The van der Waals surface area contributed by atoms with Crippen LogP contribution in [0.3, 0.4) is 0 Å². The normalized spacial score (nSPS) is 11.1. The lowest BCUT2D eigenvalue weighted by molar-refractivity contribution is 0.405. The van der Waals surface area contributed by atoms with Crippen molar-refractivity contribution in [2.24, 2.45) is 0 Å². The van der Waals surface area contributed by atoms with Crippen molar-refractivity contribution >= 4 is 44.3 Å². The highest BCUT2D eigenvalue weighted by Crippen LogP contribution is 2.27. The van der Waals surface area contributed by atoms with E-state index in [1.807, 2.05) is 45.3 Å². The fraction of sp³-hybridized carbons (Fsp3) is 0.316. The van der Waals surface area contributed by atoms with E-state index in [1.54, 1.807) is 6.20 Å². The first kappa shape index (κ1) is 19.3. The molecule has 2 heterocycles. The average molecular weight is 431 g/mol. The van der Waals surface area contributed by atoms with Gasteiger partial charge >= 0.3 is 0 Å². The molecule has 0 aliphatic rings. The van der Waals surface area contributed by atoms with E-state index in [0.29, 0.717) is 27.1 Å². The van der Waals surface area contributed by atoms with Crippen molar-refractivity contribution in [1.29, 1.82) is 0 Å². The standard InChI is InChI=1S/C19H23BrN6O/c1-12-6-4-7-13(10-12)23-17-15-16(14(20)11-22-18(15)27)24-19(25-17)21-8-5-9-26(2)3/h4,6-7,10-11H,5,8-9H2,1-3H3,(H,22,27)(H2,21,23,24,25). The summed E-state index contributed by atoms with van der Waals surface area (Å²) in [4.78, 5) is 26.4. The van der Waals surface area contributed by atoms with Crippen LogP contribution in [-0.4, -0.2) is 47.0 Å². The van der Waals surface area contributed by atoms with Crippen LogP contribution in [0.15, 0.2) is 39.7 Å². The number of pyridine rings is 1. The molecule has 0 bridgehead atoms. The summed E-state index contributed by atoms with van der Waals surface area (Å²) >= 11 is 3.47. The Labute approximate surface area is 166 Å². The third-order valence-electron chi connectivity index (χ3n) is 4.04. The Morgan fingerprint density at radius 2 is 2.07 bits per heavy atom. The second-order valence-electron chi connectivity index (χ2n) is 6.66. The smallest absolute Gasteiger partial charge is 0.261 e. The molecule has 0 amide bonds. The van der Waals surface area contributed by atoms with Gasteiger partial charge in [0.1, 0.15) is 11.2 Å². The number of benzene rings is 1. The predicted molar refractivity (Wildman–Crippen MR) is 114 cm³/mol. The number of halogens is 1. The summed E-state index contributed by atoms with van der Waals surface area (Å²) in [5.41, 5.74) is 2.32. The highest BCUT2D eigenvalue weighted by molar-refractivity contribution is 9.10. The summed E-state index contributed by atoms with van der Waals surface area (Å²) in [6.45, 7) is 3.73. The molecule has 1 aromatic carbocycles. The molecule has 0 saturated carbocycles. The zero-order valence-corrected chi connectivity index (χ0v) is 17.2. The van der Waals surface area contributed by atoms with Crippen molar-refractivity contribution in [2.45, 2.75) is 13.3 Å². The van der Waals surface area contributed by atoms with Gasteiger partial charge in [-0.1, -0.05) is 12.1 Å². The van der Waals surface area contributed by atoms with E-state index in [9.17, 15) is 4.79 Å². The van der Waals surface area contributed by atoms with Crippen LogP contribution in [0.2, 0.25) is 0 Å². The Balaban J connectivity index is 1.98. The van der Waals surface area contributed by atoms with Crippen molar-refractivity contribution in [1.82, 2.24) is 19.9 Å². The van der Waals surface area contributed by atoms with Crippen LogP contribution >= 0.6 is 15.9 Å². The first-order valence-corrected chi connectivity index (χ1v) is 9.54. The maximum absolute atomic E-state index is 12.4. The van der Waals surface area contributed by atoms with Crippen molar-refractivity contribution < 1.29 is 0 Å². The summed E-state index contributed by atoms with van der Waals surface area (Å²) in [6.07, 6.45) is 2.56. The SMILES string of the molecule is Cc1cccc(Nc2nc(NCCCN(C)C)nc3c(Br)c[nH]c(=O)c23)c1. The maximum atomic E-state index is 12.4. The number of nitrogens with one attached hydrogen (secondary N) is 3. The lowest BCUT2D eigenvalue weighted by atomic mass is 10.2. The molecule has 27 heavy (non-hydrogen) atoms. The van der Waals surface area contributed by atoms with Crippen LogP contribution in [0.25, 0.3) is 10.9 Å². The molecule has 3 aromatic rings. The number of nitrogens with zero attached hydrogens (tertiary/aromatic N) is 3. The number of H-pyrrole nitrogens is 1. The number of aromatic amines is 1. The number of aryl methyl sites for hydroxylation is 1. The minimum atomic E-state index is -0.234. The fourth-order valence-corrected chi connectivity index (χ4v) is 3.14. The molecule has 3 N–H and O–H groups in total. The number of hydrogen-bond acceptors (Lipinski definition) is 6. The lowest BCUT2D eigenvalue weighted by Gasteiger charge is -2.13. The van der Waals surface area contributed by atoms with Gasteiger partial charge in [-0.3, -0.25) is 4.79 Å². The third kappa shape index (κ3) is 4.84. The highest BCUT2D eigenvalue weighted by atomic mass is 79.9. The zero-order valence-electron chi connectivity index (χ0n) is 15.6. The first-order valence-electron chi connectivity index (χ1n) is 8.75. The van der Waals surface area contributed by atoms with Gasteiger partial charge in [0, 0.05) is 18.4 Å². The predicted octanol–water partition coefficient (Wildman–Crippen LogP) is 3.50. The minimum absolute atomic E-state index is 0.234. The molecule has 0 unspecified atom stereocenters. The summed E-state index contributed by atoms with van der Waals surface area (Å²) in [6, 6.07) is 7.92. The second-order valence-corrected chi connectivity index (χ2v) is 7.52. The van der Waals surface area contributed by atoms with Gasteiger partial charge in [0.2, 0.25) is 5.95 Å². The lowest BCUT2D eigenvalue weighted by Crippen LogP contribution is -2.18. The Kier molecular flexibility index (Phi) is 6.08. The van der Waals surface area contributed by atoms with Crippen LogP contribution < -0.4 is 16.2 Å². The molecule has 3 rings (SSSR count). The molecular weight excluding hydrogens is 408 g/mol. The molecule has 142 valence electrons. The van der Waals surface area contributed by atoms with E-state index < -0.39 is 0 Å². The highest BCUT2D eigenvalue weighted by Gasteiger charge is 2.14. The molecule has 0 aliphatic heterocycles. The molecule has 0 aliphatic carbocycles. The number of anilines is 3. The van der Waals surface area contributed by atoms with E-state index in [-0.39, 0.29) is 5.56 Å². The van der Waals surface area contributed by atoms with Crippen molar-refractivity contribution in [3.05, 3.63) is 50.9 Å². The van der Waals surface area contributed by atoms with Gasteiger partial charge in [-0.2, -0.15) is 4.98 Å². The van der Waals surface area contributed by atoms with E-state index in [2.05, 4.69) is 46.4 Å². The molecule has 0 saturated heterocycles. The molecule has 0 spiro atoms. The number of hydrogen-bond donors (Lipinski definition) is 3. The van der Waals surface area contributed by atoms with Crippen LogP contribution in [0.5, 0.6) is 0 Å². The summed E-state index contributed by atoms with van der Waals surface area (Å²) in [5.74, 6) is 0.964. The summed E-state index contributed by atoms with van der Waals surface area (Å²) in [7, 11) is 4.08. The van der Waals surface area contributed by atoms with Gasteiger partial charge in [-0.05, 0) is 67.6 Å². The average Bonchev–Trinajstić information content (AvgIpc) is 2.62. The Morgan fingerprint density at radius 3 is 2.81 bits per heavy atom. The first-order chi connectivity index (χ1) is 12.9. The van der Waals surface area contributed by atoms with Crippen LogP contribution in [0, 0.1) is 6.92 Å². The van der Waals surface area contributed by atoms with Crippen LogP contribution in [0.1, 0.15) is 12.0 Å². The van der Waals surface area contributed by atoms with E-state index in [1.165, 1.54) is 0 Å². The van der Waals surface area contributed by atoms with Gasteiger partial charge in [0.05, 0.1) is 9.99 Å². The number of rotatable bonds is 7. The minimum Gasteiger partial charge on any atom is -0.354 e. The monoisotopic (exact) mass is 430 g/mol. The molecule has 0 atom stereocenters. The van der Waals surface area contributed by atoms with Gasteiger partial charge < -0.3 is 20.5 Å². The zero-order chi connectivity index (χ0) is 19.4. The van der Waals surface area contributed by atoms with E-state index in [4.69, 9.17) is 0 Å². The Hall–Kier alpha value is -2.45. The van der Waals surface area contributed by atoms with Crippen LogP contribution in [0.4, 0.5) is 17.5 Å². The summed E-state index contributed by atoms with van der Waals surface area (Å²) in [5, 5.41) is 6.94. The molecule has 2 aromatic heterocycles. The number of fused-ring (bicyclic) bond motifs is 1. The van der Waals surface area contributed by atoms with Gasteiger partial charge in [0.15, 0.2) is 0 Å². The molecule has 7 nitrogen and oxygen atoms in total. The largest absolute Gasteiger partial charge is 0.354 e. The fourth-order valence-electron chi connectivity index (χ4n) is 2.74. The molecule has 0 radical (unpaired) electrons. The van der Waals surface area contributed by atoms with Crippen molar-refractivity contribution in [3.8, 4) is 0 Å². The molecule has 8 heteroatoms. The second kappa shape index (κ2) is 8.49. The van der Waals surface area contributed by atoms with Gasteiger partial charge in [-0.25, -0.2) is 4.98 Å². The third-order valence-corrected chi connectivity index (χ3v) is 4.64. The van der Waals surface area contributed by atoms with Gasteiger partial charge in [0.25, 0.3) is 5.56 Å². The van der Waals surface area contributed by atoms with Crippen molar-refractivity contribution in [3.63, 3.8) is 0 Å². The quantitative estimate of drug-likeness (QED) is 0.497. The molecular formula is C19H23BrN6O. The van der Waals surface area contributed by atoms with E-state index >= 15 is 0 Å². The van der Waals surface area contributed by atoms with Gasteiger partial charge in [-0.15, -0.1) is 0 Å².